The first-order valence-electron chi connectivity index (χ1n) is 8.62. The number of carbonyl (C=O) groups excluding carboxylic acids is 1. The number of benzene rings is 2. The van der Waals surface area contributed by atoms with Crippen molar-refractivity contribution in [3.05, 3.63) is 94.8 Å². The molecule has 0 bridgehead atoms. The van der Waals surface area contributed by atoms with Gasteiger partial charge in [0.15, 0.2) is 9.84 Å². The van der Waals surface area contributed by atoms with Crippen LogP contribution in [0.3, 0.4) is 0 Å². The molecule has 1 N–H and O–H groups in total. The Bertz CT molecular complexity index is 1050. The number of sulfone groups is 1. The number of pyridine rings is 1. The number of nitrogens with zero attached hydrogens (tertiary/aromatic N) is 1. The first kappa shape index (κ1) is 20.0. The molecule has 28 heavy (non-hydrogen) atoms. The van der Waals surface area contributed by atoms with E-state index in [9.17, 15) is 13.2 Å². The van der Waals surface area contributed by atoms with Crippen molar-refractivity contribution < 1.29 is 13.2 Å². The summed E-state index contributed by atoms with van der Waals surface area (Å²) in [5.74, 6) is -0.333. The van der Waals surface area contributed by atoms with E-state index in [0.29, 0.717) is 16.1 Å². The molecule has 0 spiro atoms. The summed E-state index contributed by atoms with van der Waals surface area (Å²) in [5, 5.41) is 2.21. The number of carbonyl (C=O) groups is 1. The van der Waals surface area contributed by atoms with Gasteiger partial charge in [-0.2, -0.15) is 0 Å². The van der Waals surface area contributed by atoms with Gasteiger partial charge in [0.1, 0.15) is 5.25 Å². The van der Waals surface area contributed by atoms with E-state index >= 15 is 0 Å². The van der Waals surface area contributed by atoms with Crippen LogP contribution in [-0.2, 0) is 9.84 Å². The molecule has 0 unspecified atom stereocenters. The molecular formula is C21H19ClN2O3S. The zero-order valence-electron chi connectivity index (χ0n) is 15.2. The predicted molar refractivity (Wildman–Crippen MR) is 109 cm³/mol. The summed E-state index contributed by atoms with van der Waals surface area (Å²) >= 11 is 5.88. The lowest BCUT2D eigenvalue weighted by Gasteiger charge is -2.19. The summed E-state index contributed by atoms with van der Waals surface area (Å²) in [6.07, 6.45) is 3.07. The van der Waals surface area contributed by atoms with Crippen LogP contribution in [0.2, 0.25) is 5.02 Å². The zero-order chi connectivity index (χ0) is 20.1. The van der Waals surface area contributed by atoms with Crippen molar-refractivity contribution in [2.75, 3.05) is 6.54 Å². The van der Waals surface area contributed by atoms with Gasteiger partial charge in [-0.05, 0) is 55.0 Å². The monoisotopic (exact) mass is 414 g/mol. The van der Waals surface area contributed by atoms with Gasteiger partial charge in [0.25, 0.3) is 5.91 Å². The Labute approximate surface area is 169 Å². The maximum atomic E-state index is 13.2. The Morgan fingerprint density at radius 2 is 1.75 bits per heavy atom. The normalized spacial score (nSPS) is 12.4. The second-order valence-electron chi connectivity index (χ2n) is 6.35. The number of hydrogen-bond donors (Lipinski definition) is 1. The topological polar surface area (TPSA) is 76.1 Å². The van der Waals surface area contributed by atoms with Gasteiger partial charge in [0, 0.05) is 29.5 Å². The van der Waals surface area contributed by atoms with E-state index < -0.39 is 15.1 Å². The SMILES string of the molecule is Cc1ccc(C(=O)NC[C@@H](c2cccnc2)S(=O)(=O)c2ccc(Cl)cc2)cc1. The van der Waals surface area contributed by atoms with Crippen molar-refractivity contribution in [2.24, 2.45) is 0 Å². The van der Waals surface area contributed by atoms with E-state index in [2.05, 4.69) is 10.3 Å². The van der Waals surface area contributed by atoms with Gasteiger partial charge in [-0.3, -0.25) is 9.78 Å². The molecule has 3 aromatic rings. The Kier molecular flexibility index (Phi) is 6.11. The quantitative estimate of drug-likeness (QED) is 0.661. The zero-order valence-corrected chi connectivity index (χ0v) is 16.7. The van der Waals surface area contributed by atoms with Crippen LogP contribution in [-0.4, -0.2) is 25.9 Å². The van der Waals surface area contributed by atoms with Crippen LogP contribution >= 0.6 is 11.6 Å². The average molecular weight is 415 g/mol. The Hall–Kier alpha value is -2.70. The molecule has 0 aliphatic rings. The van der Waals surface area contributed by atoms with Gasteiger partial charge in [0.2, 0.25) is 0 Å². The smallest absolute Gasteiger partial charge is 0.251 e. The van der Waals surface area contributed by atoms with E-state index in [1.165, 1.54) is 30.5 Å². The van der Waals surface area contributed by atoms with Gasteiger partial charge in [-0.25, -0.2) is 8.42 Å². The highest BCUT2D eigenvalue weighted by Gasteiger charge is 2.30. The summed E-state index contributed by atoms with van der Waals surface area (Å²) in [6, 6.07) is 16.4. The molecule has 2 aromatic carbocycles. The molecule has 0 aliphatic heterocycles. The standard InChI is InChI=1S/C21H19ClN2O3S/c1-15-4-6-16(7-5-15)21(25)24-14-20(17-3-2-12-23-13-17)28(26,27)19-10-8-18(22)9-11-19/h2-13,20H,14H2,1H3,(H,24,25)/t20-/m0/s1. The number of rotatable bonds is 6. The molecule has 0 radical (unpaired) electrons. The fourth-order valence-electron chi connectivity index (χ4n) is 2.75. The molecule has 7 heteroatoms. The summed E-state index contributed by atoms with van der Waals surface area (Å²) in [6.45, 7) is 1.85. The van der Waals surface area contributed by atoms with E-state index in [4.69, 9.17) is 11.6 Å². The molecule has 0 saturated carbocycles. The maximum Gasteiger partial charge on any atom is 0.251 e. The minimum atomic E-state index is -3.77. The summed E-state index contributed by atoms with van der Waals surface area (Å²) in [4.78, 5) is 16.6. The van der Waals surface area contributed by atoms with E-state index in [1.807, 2.05) is 19.1 Å². The molecule has 3 rings (SSSR count). The fourth-order valence-corrected chi connectivity index (χ4v) is 4.52. The fraction of sp³-hybridized carbons (Fsp3) is 0.143. The molecule has 1 heterocycles. The lowest BCUT2D eigenvalue weighted by Crippen LogP contribution is -2.32. The maximum absolute atomic E-state index is 13.2. The molecule has 144 valence electrons. The third-order valence-electron chi connectivity index (χ3n) is 4.33. The van der Waals surface area contributed by atoms with Crippen LogP contribution < -0.4 is 5.32 Å². The minimum absolute atomic E-state index is 0.0800. The average Bonchev–Trinajstić information content (AvgIpc) is 2.69. The first-order chi connectivity index (χ1) is 13.4. The van der Waals surface area contributed by atoms with Crippen LogP contribution in [0.15, 0.2) is 78.0 Å². The predicted octanol–water partition coefficient (Wildman–Crippen LogP) is 3.99. The van der Waals surface area contributed by atoms with E-state index in [0.717, 1.165) is 5.56 Å². The third-order valence-corrected chi connectivity index (χ3v) is 6.70. The van der Waals surface area contributed by atoms with Crippen LogP contribution in [0, 0.1) is 6.92 Å². The van der Waals surface area contributed by atoms with Crippen LogP contribution in [0.25, 0.3) is 0 Å². The van der Waals surface area contributed by atoms with Crippen LogP contribution in [0.1, 0.15) is 26.7 Å². The number of hydrogen-bond acceptors (Lipinski definition) is 4. The molecule has 0 aliphatic carbocycles. The number of aryl methyl sites for hydroxylation is 1. The van der Waals surface area contributed by atoms with Crippen LogP contribution in [0.4, 0.5) is 0 Å². The second-order valence-corrected chi connectivity index (χ2v) is 8.92. The van der Waals surface area contributed by atoms with Crippen molar-refractivity contribution in [3.8, 4) is 0 Å². The molecule has 1 atom stereocenters. The summed E-state index contributed by atoms with van der Waals surface area (Å²) in [7, 11) is -3.77. The van der Waals surface area contributed by atoms with Gasteiger partial charge in [0.05, 0.1) is 4.90 Å². The van der Waals surface area contributed by atoms with Crippen molar-refractivity contribution in [1.29, 1.82) is 0 Å². The highest BCUT2D eigenvalue weighted by Crippen LogP contribution is 2.29. The van der Waals surface area contributed by atoms with Gasteiger partial charge in [-0.15, -0.1) is 0 Å². The van der Waals surface area contributed by atoms with E-state index in [-0.39, 0.29) is 17.3 Å². The molecule has 1 amide bonds. The van der Waals surface area contributed by atoms with Gasteiger partial charge in [-0.1, -0.05) is 35.4 Å². The molecule has 0 fully saturated rings. The van der Waals surface area contributed by atoms with Gasteiger partial charge >= 0.3 is 0 Å². The lowest BCUT2D eigenvalue weighted by atomic mass is 10.1. The minimum Gasteiger partial charge on any atom is -0.350 e. The third kappa shape index (κ3) is 4.58. The number of aromatic nitrogens is 1. The highest BCUT2D eigenvalue weighted by atomic mass is 35.5. The van der Waals surface area contributed by atoms with Crippen molar-refractivity contribution in [2.45, 2.75) is 17.1 Å². The summed E-state index contributed by atoms with van der Waals surface area (Å²) < 4.78 is 26.4. The Morgan fingerprint density at radius 3 is 2.36 bits per heavy atom. The molecule has 5 nitrogen and oxygen atoms in total. The van der Waals surface area contributed by atoms with Crippen molar-refractivity contribution in [1.82, 2.24) is 10.3 Å². The largest absolute Gasteiger partial charge is 0.350 e. The van der Waals surface area contributed by atoms with Crippen molar-refractivity contribution in [3.63, 3.8) is 0 Å². The number of nitrogens with one attached hydrogen (secondary N) is 1. The Balaban J connectivity index is 1.88. The first-order valence-corrected chi connectivity index (χ1v) is 10.5. The van der Waals surface area contributed by atoms with Gasteiger partial charge < -0.3 is 5.32 Å². The summed E-state index contributed by atoms with van der Waals surface area (Å²) in [5.41, 5.74) is 2.01. The van der Waals surface area contributed by atoms with E-state index in [1.54, 1.807) is 30.5 Å². The number of amides is 1. The Morgan fingerprint density at radius 1 is 1.07 bits per heavy atom. The molecule has 1 aromatic heterocycles. The van der Waals surface area contributed by atoms with Crippen LogP contribution in [0.5, 0.6) is 0 Å². The lowest BCUT2D eigenvalue weighted by molar-refractivity contribution is 0.0953. The van der Waals surface area contributed by atoms with Crippen molar-refractivity contribution >= 4 is 27.3 Å². The highest BCUT2D eigenvalue weighted by molar-refractivity contribution is 7.91. The second kappa shape index (κ2) is 8.54. The number of halogens is 1. The molecule has 0 saturated heterocycles. The molecular weight excluding hydrogens is 396 g/mol.